The molecule has 0 saturated heterocycles. The van der Waals surface area contributed by atoms with Crippen LogP contribution in [0.2, 0.25) is 0 Å². The molecule has 2 unspecified atom stereocenters. The van der Waals surface area contributed by atoms with Crippen LogP contribution in [-0.4, -0.2) is 82.3 Å². The minimum Gasteiger partial charge on any atom is -0.545 e. The van der Waals surface area contributed by atoms with Gasteiger partial charge in [-0.1, -0.05) is 145 Å². The predicted molar refractivity (Wildman–Crippen MR) is 223 cm³/mol. The molecule has 0 spiro atoms. The quantitative estimate of drug-likeness (QED) is 0.0201. The maximum atomic E-state index is 12.7. The Morgan fingerprint density at radius 2 is 1.04 bits per heavy atom. The Kier molecular flexibility index (Phi) is 35.8. The van der Waals surface area contributed by atoms with Crippen molar-refractivity contribution in [1.29, 1.82) is 0 Å². The van der Waals surface area contributed by atoms with Crippen molar-refractivity contribution < 1.29 is 42.9 Å². The van der Waals surface area contributed by atoms with E-state index >= 15 is 0 Å². The summed E-state index contributed by atoms with van der Waals surface area (Å²) in [6.07, 6.45) is 41.6. The molecule has 0 bridgehead atoms. The van der Waals surface area contributed by atoms with Gasteiger partial charge in [0.05, 0.1) is 40.3 Å². The molecule has 0 aliphatic carbocycles. The first kappa shape index (κ1) is 52.0. The smallest absolute Gasteiger partial charge is 0.306 e. The third-order valence-corrected chi connectivity index (χ3v) is 8.78. The summed E-state index contributed by atoms with van der Waals surface area (Å²) in [5.41, 5.74) is 0. The summed E-state index contributed by atoms with van der Waals surface area (Å²) in [6, 6.07) is 0. The van der Waals surface area contributed by atoms with Crippen molar-refractivity contribution in [3.8, 4) is 0 Å². The second-order valence-corrected chi connectivity index (χ2v) is 15.3. The first-order valence-corrected chi connectivity index (χ1v) is 21.4. The van der Waals surface area contributed by atoms with Gasteiger partial charge in [-0.15, -0.1) is 0 Å². The van der Waals surface area contributed by atoms with Crippen LogP contribution in [0.3, 0.4) is 0 Å². The van der Waals surface area contributed by atoms with Crippen LogP contribution in [0, 0.1) is 0 Å². The second kappa shape index (κ2) is 37.9. The van der Waals surface area contributed by atoms with E-state index in [1.54, 1.807) is 0 Å². The van der Waals surface area contributed by atoms with Crippen molar-refractivity contribution in [3.05, 3.63) is 60.8 Å². The second-order valence-electron chi connectivity index (χ2n) is 15.3. The third kappa shape index (κ3) is 39.0. The molecule has 0 heterocycles. The fraction of sp³-hybridized carbons (Fsp3) is 0.717. The molecule has 0 amide bonds. The minimum absolute atomic E-state index is 0.144. The van der Waals surface area contributed by atoms with Gasteiger partial charge in [-0.05, 0) is 57.8 Å². The molecule has 316 valence electrons. The van der Waals surface area contributed by atoms with E-state index in [0.717, 1.165) is 89.9 Å². The zero-order chi connectivity index (χ0) is 40.7. The number of unbranched alkanes of at least 4 members (excludes halogenated alkanes) is 13. The summed E-state index contributed by atoms with van der Waals surface area (Å²) in [6.45, 7) is 4.50. The molecule has 0 aliphatic heterocycles. The lowest BCUT2D eigenvalue weighted by Crippen LogP contribution is -2.44. The lowest BCUT2D eigenvalue weighted by molar-refractivity contribution is -0.870. The molecule has 0 fully saturated rings. The van der Waals surface area contributed by atoms with Crippen molar-refractivity contribution >= 4 is 17.9 Å². The SMILES string of the molecule is CC/C=C\C/C=C\C/C=C\C/C=C\C/C=C\CCCCCCCCCCCC(=O)OC(COC(=O)CCCCCCC)COC(OCC[N+](C)(C)C)C(=O)[O-]. The number of ether oxygens (including phenoxy) is 4. The molecule has 0 radical (unpaired) electrons. The number of carboxylic acid groups (broad SMARTS) is 1. The Balaban J connectivity index is 4.21. The molecule has 0 aliphatic rings. The summed E-state index contributed by atoms with van der Waals surface area (Å²) >= 11 is 0. The number of nitrogens with zero attached hydrogens (tertiary/aromatic N) is 1. The molecule has 0 aromatic carbocycles. The molecule has 0 rings (SSSR count). The van der Waals surface area contributed by atoms with Gasteiger partial charge in [0.1, 0.15) is 13.2 Å². The Morgan fingerprint density at radius 3 is 1.55 bits per heavy atom. The Morgan fingerprint density at radius 1 is 0.564 bits per heavy atom. The Labute approximate surface area is 335 Å². The van der Waals surface area contributed by atoms with Crippen LogP contribution in [0.25, 0.3) is 0 Å². The van der Waals surface area contributed by atoms with Crippen LogP contribution in [0.15, 0.2) is 60.8 Å². The lowest BCUT2D eigenvalue weighted by atomic mass is 10.1. The normalized spacial score (nSPS) is 13.5. The van der Waals surface area contributed by atoms with Crippen LogP contribution >= 0.6 is 0 Å². The van der Waals surface area contributed by atoms with E-state index in [4.69, 9.17) is 18.9 Å². The van der Waals surface area contributed by atoms with Crippen molar-refractivity contribution in [2.45, 2.75) is 167 Å². The van der Waals surface area contributed by atoms with E-state index in [9.17, 15) is 19.5 Å². The van der Waals surface area contributed by atoms with Crippen molar-refractivity contribution in [2.24, 2.45) is 0 Å². The molecule has 2 atom stereocenters. The number of hydrogen-bond acceptors (Lipinski definition) is 8. The number of carbonyl (C=O) groups is 3. The molecule has 0 N–H and O–H groups in total. The molecule has 9 nitrogen and oxygen atoms in total. The standard InChI is InChI=1S/C46H79NO8/c1-6-8-10-12-13-14-15-16-17-18-19-20-21-22-23-24-25-26-27-28-29-30-31-33-35-37-44(49)55-42(40-53-43(48)36-34-32-11-9-7-2)41-54-46(45(50)51)52-39-38-47(3,4)5/h8,10,13-14,16-17,19-20,22-23,42,46H,6-7,9,11-12,15,18,21,24-41H2,1-5H3/b10-8-,14-13-,17-16-,20-19-,23-22-. The van der Waals surface area contributed by atoms with E-state index in [-0.39, 0.29) is 38.6 Å². The van der Waals surface area contributed by atoms with Gasteiger partial charge in [0, 0.05) is 12.8 Å². The number of quaternary nitrogens is 1. The fourth-order valence-electron chi connectivity index (χ4n) is 5.44. The number of esters is 2. The van der Waals surface area contributed by atoms with Crippen LogP contribution in [0.5, 0.6) is 0 Å². The Hall–Kier alpha value is -3.01. The zero-order valence-electron chi connectivity index (χ0n) is 35.5. The molecule has 0 aromatic rings. The predicted octanol–water partition coefficient (Wildman–Crippen LogP) is 9.66. The summed E-state index contributed by atoms with van der Waals surface area (Å²) in [4.78, 5) is 36.6. The molecular formula is C46H79NO8. The number of hydrogen-bond donors (Lipinski definition) is 0. The van der Waals surface area contributed by atoms with Gasteiger partial charge < -0.3 is 33.3 Å². The molecule has 55 heavy (non-hydrogen) atoms. The van der Waals surface area contributed by atoms with Gasteiger partial charge in [-0.2, -0.15) is 0 Å². The number of aliphatic carboxylic acids is 1. The van der Waals surface area contributed by atoms with Crippen LogP contribution in [0.1, 0.15) is 155 Å². The number of rotatable bonds is 38. The number of carboxylic acids is 1. The third-order valence-electron chi connectivity index (χ3n) is 8.78. The topological polar surface area (TPSA) is 111 Å². The van der Waals surface area contributed by atoms with Gasteiger partial charge in [-0.3, -0.25) is 9.59 Å². The maximum absolute atomic E-state index is 12.7. The molecule has 0 aromatic heterocycles. The van der Waals surface area contributed by atoms with Gasteiger partial charge in [0.25, 0.3) is 0 Å². The average molecular weight is 774 g/mol. The maximum Gasteiger partial charge on any atom is 0.306 e. The van der Waals surface area contributed by atoms with Crippen LogP contribution in [-0.2, 0) is 33.3 Å². The fourth-order valence-corrected chi connectivity index (χ4v) is 5.44. The monoisotopic (exact) mass is 774 g/mol. The highest BCUT2D eigenvalue weighted by atomic mass is 16.7. The first-order valence-electron chi connectivity index (χ1n) is 21.4. The minimum atomic E-state index is -1.62. The molecule has 9 heteroatoms. The summed E-state index contributed by atoms with van der Waals surface area (Å²) in [5, 5.41) is 11.6. The molecule has 0 saturated carbocycles. The number of likely N-dealkylation sites (N-methyl/N-ethyl adjacent to an activating group) is 1. The Bertz CT molecular complexity index is 1090. The van der Waals surface area contributed by atoms with Crippen molar-refractivity contribution in [2.75, 3.05) is 47.5 Å². The van der Waals surface area contributed by atoms with E-state index < -0.39 is 24.3 Å². The number of allylic oxidation sites excluding steroid dienone is 10. The number of carbonyl (C=O) groups excluding carboxylic acids is 3. The average Bonchev–Trinajstić information content (AvgIpc) is 3.14. The summed E-state index contributed by atoms with van der Waals surface area (Å²) in [5.74, 6) is -2.32. The first-order chi connectivity index (χ1) is 26.6. The zero-order valence-corrected chi connectivity index (χ0v) is 35.5. The highest BCUT2D eigenvalue weighted by Crippen LogP contribution is 2.13. The van der Waals surface area contributed by atoms with Crippen molar-refractivity contribution in [1.82, 2.24) is 0 Å². The highest BCUT2D eigenvalue weighted by molar-refractivity contribution is 5.70. The summed E-state index contributed by atoms with van der Waals surface area (Å²) in [7, 11) is 5.88. The molecular weight excluding hydrogens is 695 g/mol. The highest BCUT2D eigenvalue weighted by Gasteiger charge is 2.21. The van der Waals surface area contributed by atoms with Crippen molar-refractivity contribution in [3.63, 3.8) is 0 Å². The van der Waals surface area contributed by atoms with Crippen LogP contribution in [0.4, 0.5) is 0 Å². The van der Waals surface area contributed by atoms with Gasteiger partial charge in [-0.25, -0.2) is 0 Å². The summed E-state index contributed by atoms with van der Waals surface area (Å²) < 4.78 is 22.3. The van der Waals surface area contributed by atoms with Crippen LogP contribution < -0.4 is 5.11 Å². The van der Waals surface area contributed by atoms with E-state index in [2.05, 4.69) is 74.6 Å². The lowest BCUT2D eigenvalue weighted by Gasteiger charge is -2.26. The van der Waals surface area contributed by atoms with Gasteiger partial charge in [0.2, 0.25) is 0 Å². The van der Waals surface area contributed by atoms with Gasteiger partial charge in [0.15, 0.2) is 12.4 Å². The van der Waals surface area contributed by atoms with E-state index in [0.29, 0.717) is 17.4 Å². The largest absolute Gasteiger partial charge is 0.545 e. The van der Waals surface area contributed by atoms with E-state index in [1.807, 2.05) is 21.1 Å². The van der Waals surface area contributed by atoms with E-state index in [1.165, 1.54) is 32.1 Å². The van der Waals surface area contributed by atoms with Gasteiger partial charge >= 0.3 is 11.9 Å².